The zero-order chi connectivity index (χ0) is 11.5. The first-order valence-electron chi connectivity index (χ1n) is 6.09. The number of aromatic nitrogens is 2. The summed E-state index contributed by atoms with van der Waals surface area (Å²) in [6.45, 7) is 6.46. The average molecular weight is 222 g/mol. The van der Waals surface area contributed by atoms with Crippen molar-refractivity contribution in [2.45, 2.75) is 19.9 Å². The molecule has 2 atom stereocenters. The lowest BCUT2D eigenvalue weighted by molar-refractivity contribution is 0.126. The van der Waals surface area contributed by atoms with Crippen LogP contribution in [-0.2, 0) is 13.6 Å². The van der Waals surface area contributed by atoms with Crippen LogP contribution in [0.15, 0.2) is 12.4 Å². The lowest BCUT2D eigenvalue weighted by Gasteiger charge is -2.36. The quantitative estimate of drug-likeness (QED) is 0.824. The van der Waals surface area contributed by atoms with E-state index in [-0.39, 0.29) is 0 Å². The van der Waals surface area contributed by atoms with Crippen LogP contribution in [0.2, 0.25) is 0 Å². The van der Waals surface area contributed by atoms with Crippen LogP contribution >= 0.6 is 0 Å². The van der Waals surface area contributed by atoms with Crippen LogP contribution in [0, 0.1) is 11.8 Å². The molecule has 1 aromatic heterocycles. The Hall–Kier alpha value is -0.870. The largest absolute Gasteiger partial charge is 0.330 e. The molecule has 1 aromatic rings. The standard InChI is InChI=1S/C12H22N4/c1-10-3-4-16(9-12(10)5-13)8-11-6-14-15(2)7-11/h6-7,10,12H,3-5,8-9,13H2,1-2H3. The Morgan fingerprint density at radius 2 is 2.38 bits per heavy atom. The normalized spacial score (nSPS) is 27.2. The monoisotopic (exact) mass is 222 g/mol. The minimum absolute atomic E-state index is 0.658. The lowest BCUT2D eigenvalue weighted by atomic mass is 9.87. The number of piperidine rings is 1. The van der Waals surface area contributed by atoms with E-state index >= 15 is 0 Å². The van der Waals surface area contributed by atoms with Crippen molar-refractivity contribution in [3.63, 3.8) is 0 Å². The number of aryl methyl sites for hydroxylation is 1. The Labute approximate surface area is 97.4 Å². The molecule has 1 aliphatic heterocycles. The van der Waals surface area contributed by atoms with Gasteiger partial charge in [-0.2, -0.15) is 5.10 Å². The van der Waals surface area contributed by atoms with Crippen molar-refractivity contribution in [2.75, 3.05) is 19.6 Å². The predicted molar refractivity (Wildman–Crippen MR) is 64.8 cm³/mol. The van der Waals surface area contributed by atoms with Crippen LogP contribution in [-0.4, -0.2) is 34.3 Å². The van der Waals surface area contributed by atoms with E-state index in [0.717, 1.165) is 25.6 Å². The second kappa shape index (κ2) is 4.97. The third-order valence-electron chi connectivity index (χ3n) is 3.67. The molecule has 0 aromatic carbocycles. The van der Waals surface area contributed by atoms with Gasteiger partial charge in [-0.3, -0.25) is 9.58 Å². The Balaban J connectivity index is 1.91. The summed E-state index contributed by atoms with van der Waals surface area (Å²) in [5.41, 5.74) is 7.11. The summed E-state index contributed by atoms with van der Waals surface area (Å²) < 4.78 is 1.86. The van der Waals surface area contributed by atoms with Gasteiger partial charge in [-0.25, -0.2) is 0 Å². The summed E-state index contributed by atoms with van der Waals surface area (Å²) in [5.74, 6) is 1.43. The topological polar surface area (TPSA) is 47.1 Å². The van der Waals surface area contributed by atoms with E-state index in [2.05, 4.69) is 23.1 Å². The molecule has 2 rings (SSSR count). The van der Waals surface area contributed by atoms with Gasteiger partial charge in [0.2, 0.25) is 0 Å². The molecule has 1 saturated heterocycles. The molecule has 2 unspecified atom stereocenters. The van der Waals surface area contributed by atoms with Gasteiger partial charge in [0.05, 0.1) is 6.20 Å². The van der Waals surface area contributed by atoms with Crippen molar-refractivity contribution < 1.29 is 0 Å². The summed E-state index contributed by atoms with van der Waals surface area (Å²) in [5, 5.41) is 4.20. The van der Waals surface area contributed by atoms with Gasteiger partial charge in [-0.1, -0.05) is 6.92 Å². The Morgan fingerprint density at radius 1 is 1.56 bits per heavy atom. The fourth-order valence-electron chi connectivity index (χ4n) is 2.49. The van der Waals surface area contributed by atoms with Gasteiger partial charge in [0.25, 0.3) is 0 Å². The first-order valence-corrected chi connectivity index (χ1v) is 6.09. The van der Waals surface area contributed by atoms with Crippen molar-refractivity contribution in [1.82, 2.24) is 14.7 Å². The molecule has 16 heavy (non-hydrogen) atoms. The molecule has 0 amide bonds. The Morgan fingerprint density at radius 3 is 3.00 bits per heavy atom. The number of rotatable bonds is 3. The van der Waals surface area contributed by atoms with Crippen LogP contribution in [0.4, 0.5) is 0 Å². The van der Waals surface area contributed by atoms with Crippen molar-refractivity contribution in [3.8, 4) is 0 Å². The highest BCUT2D eigenvalue weighted by Crippen LogP contribution is 2.23. The third-order valence-corrected chi connectivity index (χ3v) is 3.67. The molecule has 0 spiro atoms. The fourth-order valence-corrected chi connectivity index (χ4v) is 2.49. The average Bonchev–Trinajstić information content (AvgIpc) is 2.67. The van der Waals surface area contributed by atoms with E-state index in [4.69, 9.17) is 5.73 Å². The number of nitrogens with two attached hydrogens (primary N) is 1. The molecule has 2 heterocycles. The van der Waals surface area contributed by atoms with E-state index in [1.54, 1.807) is 0 Å². The highest BCUT2D eigenvalue weighted by Gasteiger charge is 2.24. The minimum atomic E-state index is 0.658. The van der Waals surface area contributed by atoms with Gasteiger partial charge in [0.15, 0.2) is 0 Å². The third kappa shape index (κ3) is 2.62. The van der Waals surface area contributed by atoms with E-state index in [1.165, 1.54) is 18.5 Å². The zero-order valence-corrected chi connectivity index (χ0v) is 10.3. The van der Waals surface area contributed by atoms with Crippen LogP contribution < -0.4 is 5.73 Å². The van der Waals surface area contributed by atoms with Crippen molar-refractivity contribution >= 4 is 0 Å². The molecule has 90 valence electrons. The summed E-state index contributed by atoms with van der Waals surface area (Å²) in [6, 6.07) is 0. The fraction of sp³-hybridized carbons (Fsp3) is 0.750. The SMILES string of the molecule is CC1CCN(Cc2cnn(C)c2)CC1CN. The summed E-state index contributed by atoms with van der Waals surface area (Å²) in [7, 11) is 1.96. The predicted octanol–water partition coefficient (Wildman–Crippen LogP) is 0.837. The highest BCUT2D eigenvalue weighted by molar-refractivity contribution is 5.03. The van der Waals surface area contributed by atoms with Crippen LogP contribution in [0.25, 0.3) is 0 Å². The molecule has 2 N–H and O–H groups in total. The second-order valence-electron chi connectivity index (χ2n) is 5.02. The molecular weight excluding hydrogens is 200 g/mol. The van der Waals surface area contributed by atoms with Crippen molar-refractivity contribution in [2.24, 2.45) is 24.6 Å². The number of likely N-dealkylation sites (tertiary alicyclic amines) is 1. The maximum absolute atomic E-state index is 5.81. The van der Waals surface area contributed by atoms with Gasteiger partial charge >= 0.3 is 0 Å². The van der Waals surface area contributed by atoms with E-state index in [0.29, 0.717) is 5.92 Å². The number of nitrogens with zero attached hydrogens (tertiary/aromatic N) is 3. The molecule has 0 bridgehead atoms. The second-order valence-corrected chi connectivity index (χ2v) is 5.02. The maximum atomic E-state index is 5.81. The van der Waals surface area contributed by atoms with Gasteiger partial charge < -0.3 is 5.73 Å². The molecule has 0 saturated carbocycles. The number of hydrogen-bond donors (Lipinski definition) is 1. The van der Waals surface area contributed by atoms with Crippen LogP contribution in [0.5, 0.6) is 0 Å². The van der Waals surface area contributed by atoms with Crippen LogP contribution in [0.3, 0.4) is 0 Å². The van der Waals surface area contributed by atoms with Gasteiger partial charge in [-0.05, 0) is 31.3 Å². The van der Waals surface area contributed by atoms with Gasteiger partial charge in [0.1, 0.15) is 0 Å². The van der Waals surface area contributed by atoms with E-state index in [9.17, 15) is 0 Å². The Kier molecular flexibility index (Phi) is 3.61. The Bertz CT molecular complexity index is 334. The summed E-state index contributed by atoms with van der Waals surface area (Å²) in [4.78, 5) is 2.49. The van der Waals surface area contributed by atoms with Crippen molar-refractivity contribution in [1.29, 1.82) is 0 Å². The van der Waals surface area contributed by atoms with E-state index < -0.39 is 0 Å². The summed E-state index contributed by atoms with van der Waals surface area (Å²) >= 11 is 0. The van der Waals surface area contributed by atoms with Gasteiger partial charge in [-0.15, -0.1) is 0 Å². The number of hydrogen-bond acceptors (Lipinski definition) is 3. The molecule has 1 fully saturated rings. The minimum Gasteiger partial charge on any atom is -0.330 e. The maximum Gasteiger partial charge on any atom is 0.0534 e. The molecule has 4 nitrogen and oxygen atoms in total. The molecule has 0 radical (unpaired) electrons. The van der Waals surface area contributed by atoms with Crippen molar-refractivity contribution in [3.05, 3.63) is 18.0 Å². The molecule has 4 heteroatoms. The molecule has 0 aliphatic carbocycles. The first kappa shape index (κ1) is 11.6. The lowest BCUT2D eigenvalue weighted by Crippen LogP contribution is -2.42. The van der Waals surface area contributed by atoms with Gasteiger partial charge in [0, 0.05) is 31.9 Å². The molecule has 1 aliphatic rings. The highest BCUT2D eigenvalue weighted by atomic mass is 15.2. The summed E-state index contributed by atoms with van der Waals surface area (Å²) in [6.07, 6.45) is 5.31. The molecular formula is C12H22N4. The zero-order valence-electron chi connectivity index (χ0n) is 10.3. The smallest absolute Gasteiger partial charge is 0.0534 e. The van der Waals surface area contributed by atoms with E-state index in [1.807, 2.05) is 17.9 Å². The van der Waals surface area contributed by atoms with Crippen LogP contribution in [0.1, 0.15) is 18.9 Å². The first-order chi connectivity index (χ1) is 7.69.